The van der Waals surface area contributed by atoms with Gasteiger partial charge in [0.1, 0.15) is 11.8 Å². The van der Waals surface area contributed by atoms with E-state index in [0.29, 0.717) is 22.6 Å². The molecule has 1 aromatic carbocycles. The van der Waals surface area contributed by atoms with Crippen LogP contribution in [-0.4, -0.2) is 12.9 Å². The van der Waals surface area contributed by atoms with Crippen LogP contribution >= 0.6 is 12.6 Å². The van der Waals surface area contributed by atoms with E-state index in [0.717, 1.165) is 0 Å². The van der Waals surface area contributed by atoms with Crippen LogP contribution in [0.5, 0.6) is 5.75 Å². The molecule has 2 nitrogen and oxygen atoms in total. The monoisotopic (exact) mass is 203 g/mol. The Labute approximate surface area is 88.9 Å². The van der Waals surface area contributed by atoms with Gasteiger partial charge in [-0.25, -0.2) is 0 Å². The van der Waals surface area contributed by atoms with Crippen molar-refractivity contribution in [1.82, 2.24) is 0 Å². The van der Waals surface area contributed by atoms with E-state index in [9.17, 15) is 0 Å². The van der Waals surface area contributed by atoms with E-state index in [1.54, 1.807) is 25.3 Å². The number of ether oxygens (including phenoxy) is 1. The lowest BCUT2D eigenvalue weighted by Gasteiger charge is -2.00. The number of nitrogens with zero attached hydrogens (tertiary/aromatic N) is 1. The van der Waals surface area contributed by atoms with Crippen LogP contribution in [0.2, 0.25) is 0 Å². The zero-order valence-electron chi connectivity index (χ0n) is 7.74. The van der Waals surface area contributed by atoms with Crippen molar-refractivity contribution in [2.75, 3.05) is 12.9 Å². The van der Waals surface area contributed by atoms with Crippen molar-refractivity contribution in [3.05, 3.63) is 29.3 Å². The molecule has 1 aromatic rings. The molecule has 1 rings (SSSR count). The van der Waals surface area contributed by atoms with E-state index >= 15 is 0 Å². The summed E-state index contributed by atoms with van der Waals surface area (Å²) in [5.74, 6) is 6.83. The van der Waals surface area contributed by atoms with Crippen LogP contribution in [0.15, 0.2) is 18.2 Å². The average molecular weight is 203 g/mol. The van der Waals surface area contributed by atoms with Crippen molar-refractivity contribution in [3.8, 4) is 23.7 Å². The number of nitriles is 1. The zero-order chi connectivity index (χ0) is 10.4. The first-order valence-corrected chi connectivity index (χ1v) is 4.63. The van der Waals surface area contributed by atoms with E-state index in [-0.39, 0.29) is 0 Å². The highest BCUT2D eigenvalue weighted by Gasteiger charge is 2.00. The highest BCUT2D eigenvalue weighted by Crippen LogP contribution is 2.15. The van der Waals surface area contributed by atoms with Crippen LogP contribution in [0.1, 0.15) is 11.1 Å². The molecule has 0 heterocycles. The number of hydrogen-bond acceptors (Lipinski definition) is 3. The van der Waals surface area contributed by atoms with Crippen molar-refractivity contribution in [1.29, 1.82) is 5.26 Å². The Hall–Kier alpha value is -1.58. The molecule has 14 heavy (non-hydrogen) atoms. The van der Waals surface area contributed by atoms with E-state index in [4.69, 9.17) is 10.00 Å². The highest BCUT2D eigenvalue weighted by atomic mass is 32.1. The Morgan fingerprint density at radius 3 is 2.79 bits per heavy atom. The van der Waals surface area contributed by atoms with Gasteiger partial charge in [0.05, 0.1) is 18.4 Å². The predicted molar refractivity (Wildman–Crippen MR) is 58.4 cm³/mol. The van der Waals surface area contributed by atoms with Gasteiger partial charge in [0.15, 0.2) is 0 Å². The first kappa shape index (κ1) is 10.5. The molecule has 0 radical (unpaired) electrons. The van der Waals surface area contributed by atoms with Gasteiger partial charge in [0.2, 0.25) is 0 Å². The Bertz CT molecular complexity index is 423. The molecule has 0 saturated carbocycles. The number of rotatable bonds is 1. The quantitative estimate of drug-likeness (QED) is 0.558. The van der Waals surface area contributed by atoms with E-state index in [2.05, 4.69) is 30.5 Å². The van der Waals surface area contributed by atoms with Gasteiger partial charge in [-0.2, -0.15) is 17.9 Å². The molecule has 0 N–H and O–H groups in total. The first-order chi connectivity index (χ1) is 6.81. The summed E-state index contributed by atoms with van der Waals surface area (Å²) in [6, 6.07) is 7.25. The van der Waals surface area contributed by atoms with Crippen molar-refractivity contribution < 1.29 is 4.74 Å². The minimum atomic E-state index is 0.474. The fourth-order valence-electron chi connectivity index (χ4n) is 0.986. The highest BCUT2D eigenvalue weighted by molar-refractivity contribution is 7.80. The molecular formula is C11H9NOS. The third-order valence-electron chi connectivity index (χ3n) is 1.65. The summed E-state index contributed by atoms with van der Waals surface area (Å²) in [4.78, 5) is 0. The van der Waals surface area contributed by atoms with Crippen LogP contribution in [0.3, 0.4) is 0 Å². The largest absolute Gasteiger partial charge is 0.497 e. The van der Waals surface area contributed by atoms with Crippen molar-refractivity contribution in [3.63, 3.8) is 0 Å². The number of thiol groups is 1. The van der Waals surface area contributed by atoms with Crippen LogP contribution in [0, 0.1) is 23.2 Å². The second-order valence-electron chi connectivity index (χ2n) is 2.48. The number of hydrogen-bond donors (Lipinski definition) is 1. The lowest BCUT2D eigenvalue weighted by molar-refractivity contribution is 0.414. The van der Waals surface area contributed by atoms with Gasteiger partial charge in [0, 0.05) is 5.56 Å². The van der Waals surface area contributed by atoms with Gasteiger partial charge in [-0.3, -0.25) is 0 Å². The van der Waals surface area contributed by atoms with Gasteiger partial charge in [-0.15, -0.1) is 0 Å². The molecule has 0 amide bonds. The lowest BCUT2D eigenvalue weighted by Crippen LogP contribution is -1.87. The number of benzene rings is 1. The molecule has 0 saturated heterocycles. The molecule has 70 valence electrons. The molecule has 0 unspecified atom stereocenters. The summed E-state index contributed by atoms with van der Waals surface area (Å²) in [5, 5.41) is 8.80. The summed E-state index contributed by atoms with van der Waals surface area (Å²) < 4.78 is 5.04. The summed E-state index contributed by atoms with van der Waals surface area (Å²) >= 11 is 3.98. The summed E-state index contributed by atoms with van der Waals surface area (Å²) in [7, 11) is 1.58. The van der Waals surface area contributed by atoms with Crippen molar-refractivity contribution in [2.24, 2.45) is 0 Å². The van der Waals surface area contributed by atoms with Gasteiger partial charge in [-0.05, 0) is 18.2 Å². The van der Waals surface area contributed by atoms with Crippen molar-refractivity contribution >= 4 is 12.6 Å². The SMILES string of the molecule is COc1ccc(C#N)c(C#CCS)c1. The smallest absolute Gasteiger partial charge is 0.120 e. The van der Waals surface area contributed by atoms with E-state index in [1.165, 1.54) is 0 Å². The van der Waals surface area contributed by atoms with Gasteiger partial charge >= 0.3 is 0 Å². The molecule has 0 aromatic heterocycles. The molecule has 0 spiro atoms. The van der Waals surface area contributed by atoms with Gasteiger partial charge in [0.25, 0.3) is 0 Å². The molecule has 3 heteroatoms. The van der Waals surface area contributed by atoms with Crippen molar-refractivity contribution in [2.45, 2.75) is 0 Å². The molecule has 0 fully saturated rings. The fraction of sp³-hybridized carbons (Fsp3) is 0.182. The molecule has 0 bridgehead atoms. The van der Waals surface area contributed by atoms with E-state index in [1.807, 2.05) is 0 Å². The third-order valence-corrected chi connectivity index (χ3v) is 1.81. The first-order valence-electron chi connectivity index (χ1n) is 3.99. The standard InChI is InChI=1S/C11H9NOS/c1-13-11-5-4-10(8-12)9(7-11)3-2-6-14/h4-5,7,14H,6H2,1H3. The normalized spacial score (nSPS) is 8.36. The molecular weight excluding hydrogens is 194 g/mol. The Morgan fingerprint density at radius 1 is 1.43 bits per heavy atom. The Kier molecular flexibility index (Phi) is 3.91. The molecule has 0 aliphatic rings. The maximum atomic E-state index is 8.80. The number of methoxy groups -OCH3 is 1. The molecule has 0 aliphatic heterocycles. The molecule has 0 aliphatic carbocycles. The summed E-state index contributed by atoms with van der Waals surface area (Å²) in [6.07, 6.45) is 0. The Morgan fingerprint density at radius 2 is 2.21 bits per heavy atom. The van der Waals surface area contributed by atoms with Crippen LogP contribution in [0.25, 0.3) is 0 Å². The third kappa shape index (κ3) is 2.45. The Balaban J connectivity index is 3.16. The maximum Gasteiger partial charge on any atom is 0.120 e. The average Bonchev–Trinajstić information content (AvgIpc) is 2.25. The predicted octanol–water partition coefficient (Wildman–Crippen LogP) is 1.85. The van der Waals surface area contributed by atoms with E-state index < -0.39 is 0 Å². The lowest BCUT2D eigenvalue weighted by atomic mass is 10.1. The second kappa shape index (κ2) is 5.21. The minimum absolute atomic E-state index is 0.474. The summed E-state index contributed by atoms with van der Waals surface area (Å²) in [6.45, 7) is 0. The van der Waals surface area contributed by atoms with Crippen LogP contribution in [-0.2, 0) is 0 Å². The fourth-order valence-corrected chi connectivity index (χ4v) is 1.07. The minimum Gasteiger partial charge on any atom is -0.497 e. The second-order valence-corrected chi connectivity index (χ2v) is 2.80. The van der Waals surface area contributed by atoms with Crippen LogP contribution < -0.4 is 4.74 Å². The maximum absolute atomic E-state index is 8.80. The molecule has 0 atom stereocenters. The summed E-state index contributed by atoms with van der Waals surface area (Å²) in [5.41, 5.74) is 1.24. The zero-order valence-corrected chi connectivity index (χ0v) is 8.64. The van der Waals surface area contributed by atoms with Gasteiger partial charge < -0.3 is 4.74 Å². The topological polar surface area (TPSA) is 33.0 Å². The van der Waals surface area contributed by atoms with Gasteiger partial charge in [-0.1, -0.05) is 11.8 Å². The van der Waals surface area contributed by atoms with Crippen LogP contribution in [0.4, 0.5) is 0 Å².